The van der Waals surface area contributed by atoms with Gasteiger partial charge in [-0.1, -0.05) is 27.7 Å². The van der Waals surface area contributed by atoms with Gasteiger partial charge in [0, 0.05) is 37.1 Å². The third-order valence-corrected chi connectivity index (χ3v) is 15.1. The molecule has 10 fully saturated rings. The average Bonchev–Trinajstić information content (AvgIpc) is 3.49. The van der Waals surface area contributed by atoms with Gasteiger partial charge in [0.2, 0.25) is 11.6 Å². The Morgan fingerprint density at radius 3 is 1.71 bits per heavy atom. The molecule has 16 atom stereocenters. The Labute approximate surface area is 301 Å². The van der Waals surface area contributed by atoms with E-state index in [0.717, 1.165) is 51.4 Å². The Bertz CT molecular complexity index is 1390. The number of nitrogens with zero attached hydrogens (tertiary/aromatic N) is 1. The van der Waals surface area contributed by atoms with E-state index in [0.29, 0.717) is 42.1 Å². The molecule has 11 nitrogen and oxygen atoms in total. The van der Waals surface area contributed by atoms with Crippen molar-refractivity contribution in [1.82, 2.24) is 4.98 Å². The van der Waals surface area contributed by atoms with Gasteiger partial charge in [0.25, 0.3) is 0 Å². The molecule has 8 saturated heterocycles. The second-order valence-corrected chi connectivity index (χ2v) is 18.1. The molecule has 2 saturated carbocycles. The fourth-order valence-corrected chi connectivity index (χ4v) is 12.2. The third-order valence-electron chi connectivity index (χ3n) is 15.1. The monoisotopic (exact) mass is 711 g/mol. The van der Waals surface area contributed by atoms with Crippen molar-refractivity contribution in [2.24, 2.45) is 53.3 Å². The summed E-state index contributed by atoms with van der Waals surface area (Å²) in [7, 11) is 0. The van der Waals surface area contributed by atoms with Gasteiger partial charge in [-0.3, -0.25) is 4.98 Å². The van der Waals surface area contributed by atoms with Crippen molar-refractivity contribution in [2.75, 3.05) is 6.61 Å². The molecule has 51 heavy (non-hydrogen) atoms. The largest absolute Gasteiger partial charge is 0.462 e. The summed E-state index contributed by atoms with van der Waals surface area (Å²) in [6, 6.07) is 3.38. The highest BCUT2D eigenvalue weighted by Gasteiger charge is 2.71. The van der Waals surface area contributed by atoms with Crippen molar-refractivity contribution < 1.29 is 48.0 Å². The Kier molecular flexibility index (Phi) is 8.71. The number of hydrogen-bond acceptors (Lipinski definition) is 11. The average molecular weight is 712 g/mol. The Hall–Kier alpha value is -1.70. The molecule has 1 aromatic rings. The van der Waals surface area contributed by atoms with Gasteiger partial charge in [0.15, 0.2) is 23.8 Å². The lowest BCUT2D eigenvalue weighted by molar-refractivity contribution is -0.571. The van der Waals surface area contributed by atoms with Gasteiger partial charge in [-0.15, -0.1) is 0 Å². The lowest BCUT2D eigenvalue weighted by Crippen LogP contribution is -2.70. The van der Waals surface area contributed by atoms with E-state index < -0.39 is 35.4 Å². The van der Waals surface area contributed by atoms with Gasteiger partial charge < -0.3 is 23.7 Å². The summed E-state index contributed by atoms with van der Waals surface area (Å²) in [6.07, 6.45) is 11.3. The van der Waals surface area contributed by atoms with E-state index in [-0.39, 0.29) is 54.4 Å². The summed E-state index contributed by atoms with van der Waals surface area (Å²) >= 11 is 0. The molecule has 1 aromatic heterocycles. The minimum atomic E-state index is -0.834. The summed E-state index contributed by atoms with van der Waals surface area (Å²) in [4.78, 5) is 42.4. The Balaban J connectivity index is 0.995. The minimum absolute atomic E-state index is 0.0400. The standard InChI is InChI=1S/C40H57NO10/c1-22-7-9-30-24(3)32(44-35-39(30)28(22)11-15-37(5,46-35)48-50-39)19-26(21-43-34(42)27-13-17-41-18-14-27)20-33-25(4)31-10-8-23(2)29-12-16-38(6)47-36(45-33)40(29,31)51-49-38/h13-14,17-18,22-26,28-33,35-36H,7-12,15-16,19-21H2,1-6H3/t22-,23-,24-,25-,26?,28+,29+,30+,31+,32-,33-,35-,36-,37?,38?,39-,40-/m1/s1. The Morgan fingerprint density at radius 2 is 1.22 bits per heavy atom. The third kappa shape index (κ3) is 5.49. The summed E-state index contributed by atoms with van der Waals surface area (Å²) < 4.78 is 33.6. The molecule has 0 radical (unpaired) electrons. The van der Waals surface area contributed by atoms with Crippen LogP contribution in [-0.2, 0) is 43.2 Å². The number of rotatable bonds is 7. The SMILES string of the molecule is C[C@H]1[C@@H](CC(COC(=O)c2ccncc2)C[C@H]2O[C@@H]3OC4(C)CC[C@H]5[C@H](C)CC[C@@H]([C@H]2C)[C@@]35OO4)O[C@@H]2OC3(C)CC[C@H]4[C@H](C)CC[C@@H]1[C@@]24OO3. The fourth-order valence-electron chi connectivity index (χ4n) is 12.2. The van der Waals surface area contributed by atoms with Crippen molar-refractivity contribution >= 4 is 5.97 Å². The van der Waals surface area contributed by atoms with Crippen LogP contribution in [0.4, 0.5) is 0 Å². The van der Waals surface area contributed by atoms with Crippen molar-refractivity contribution in [3.8, 4) is 0 Å². The molecular formula is C40H57NO10. The van der Waals surface area contributed by atoms with E-state index in [4.69, 9.17) is 43.2 Å². The number of esters is 1. The van der Waals surface area contributed by atoms with E-state index in [1.165, 1.54) is 0 Å². The predicted octanol–water partition coefficient (Wildman–Crippen LogP) is 7.14. The molecule has 282 valence electrons. The first-order valence-electron chi connectivity index (χ1n) is 19.9. The van der Waals surface area contributed by atoms with Crippen LogP contribution in [0, 0.1) is 53.3 Å². The van der Waals surface area contributed by atoms with Gasteiger partial charge in [0.1, 0.15) is 0 Å². The van der Waals surface area contributed by atoms with Crippen LogP contribution >= 0.6 is 0 Å². The van der Waals surface area contributed by atoms with Crippen molar-refractivity contribution in [3.05, 3.63) is 30.1 Å². The Morgan fingerprint density at radius 1 is 0.725 bits per heavy atom. The number of carbonyl (C=O) groups excluding carboxylic acids is 1. The first-order valence-corrected chi connectivity index (χ1v) is 19.9. The lowest BCUT2D eigenvalue weighted by atomic mass is 9.56. The quantitative estimate of drug-likeness (QED) is 0.213. The van der Waals surface area contributed by atoms with Crippen molar-refractivity contribution in [1.29, 1.82) is 0 Å². The zero-order valence-corrected chi connectivity index (χ0v) is 31.1. The summed E-state index contributed by atoms with van der Waals surface area (Å²) in [5.41, 5.74) is -0.750. The van der Waals surface area contributed by atoms with Gasteiger partial charge >= 0.3 is 5.97 Å². The molecule has 2 unspecified atom stereocenters. The zero-order valence-electron chi connectivity index (χ0n) is 31.1. The second kappa shape index (κ2) is 12.7. The topological polar surface area (TPSA) is 113 Å². The van der Waals surface area contributed by atoms with Crippen LogP contribution in [0.2, 0.25) is 0 Å². The number of fused-ring (bicyclic) bond motifs is 4. The number of pyridine rings is 1. The van der Waals surface area contributed by atoms with Crippen LogP contribution < -0.4 is 0 Å². The summed E-state index contributed by atoms with van der Waals surface area (Å²) in [5, 5.41) is 0. The molecule has 9 heterocycles. The van der Waals surface area contributed by atoms with Crippen LogP contribution in [-0.4, -0.2) is 65.1 Å². The van der Waals surface area contributed by atoms with E-state index in [1.807, 2.05) is 13.8 Å². The second-order valence-electron chi connectivity index (χ2n) is 18.1. The molecule has 4 bridgehead atoms. The van der Waals surface area contributed by atoms with Crippen LogP contribution in [0.25, 0.3) is 0 Å². The van der Waals surface area contributed by atoms with E-state index in [9.17, 15) is 4.79 Å². The molecule has 2 spiro atoms. The van der Waals surface area contributed by atoms with Gasteiger partial charge in [0.05, 0.1) is 24.4 Å². The normalized spacial score (nSPS) is 51.8. The lowest BCUT2D eigenvalue weighted by Gasteiger charge is -2.61. The maximum atomic E-state index is 13.3. The molecule has 0 amide bonds. The van der Waals surface area contributed by atoms with Crippen molar-refractivity contribution in [3.63, 3.8) is 0 Å². The molecule has 11 rings (SSSR count). The maximum Gasteiger partial charge on any atom is 0.338 e. The molecule has 10 aliphatic rings. The number of aromatic nitrogens is 1. The maximum absolute atomic E-state index is 13.3. The van der Waals surface area contributed by atoms with Crippen molar-refractivity contribution in [2.45, 2.75) is 153 Å². The molecule has 8 aliphatic heterocycles. The highest BCUT2D eigenvalue weighted by molar-refractivity contribution is 5.89. The minimum Gasteiger partial charge on any atom is -0.462 e. The first-order chi connectivity index (χ1) is 24.4. The van der Waals surface area contributed by atoms with Crippen LogP contribution in [0.15, 0.2) is 24.5 Å². The first kappa shape index (κ1) is 35.0. The number of carbonyl (C=O) groups is 1. The number of hydrogen-bond donors (Lipinski definition) is 0. The molecule has 2 aliphatic carbocycles. The predicted molar refractivity (Wildman–Crippen MR) is 181 cm³/mol. The number of ether oxygens (including phenoxy) is 5. The highest BCUT2D eigenvalue weighted by Crippen LogP contribution is 2.63. The fraction of sp³-hybridized carbons (Fsp3) is 0.850. The highest BCUT2D eigenvalue weighted by atomic mass is 17.3. The van der Waals surface area contributed by atoms with E-state index in [1.54, 1.807) is 24.5 Å². The molecular weight excluding hydrogens is 654 g/mol. The zero-order chi connectivity index (χ0) is 35.3. The summed E-state index contributed by atoms with van der Waals surface area (Å²) in [5.74, 6) is 0.367. The molecule has 0 aromatic carbocycles. The summed E-state index contributed by atoms with van der Waals surface area (Å²) in [6.45, 7) is 13.5. The van der Waals surface area contributed by atoms with Gasteiger partial charge in [-0.2, -0.15) is 0 Å². The smallest absolute Gasteiger partial charge is 0.338 e. The van der Waals surface area contributed by atoms with E-state index in [2.05, 4.69) is 32.7 Å². The van der Waals surface area contributed by atoms with Crippen LogP contribution in [0.5, 0.6) is 0 Å². The molecule has 11 heteroatoms. The van der Waals surface area contributed by atoms with Gasteiger partial charge in [-0.05, 0) is 119 Å². The van der Waals surface area contributed by atoms with Crippen LogP contribution in [0.1, 0.15) is 116 Å². The van der Waals surface area contributed by atoms with E-state index >= 15 is 0 Å². The van der Waals surface area contributed by atoms with Gasteiger partial charge in [-0.25, -0.2) is 24.3 Å². The van der Waals surface area contributed by atoms with Crippen LogP contribution in [0.3, 0.4) is 0 Å². The molecule has 0 N–H and O–H groups in total.